The molecule has 0 radical (unpaired) electrons. The molecule has 24 nitrogen and oxygen atoms in total. The van der Waals surface area contributed by atoms with E-state index in [-0.39, 0.29) is 62.4 Å². The molecule has 0 aliphatic heterocycles. The normalized spacial score (nSPS) is 14.9. The first-order valence-electron chi connectivity index (χ1n) is 24.4. The summed E-state index contributed by atoms with van der Waals surface area (Å²) < 4.78 is 5.73. The third-order valence-corrected chi connectivity index (χ3v) is 12.2. The summed E-state index contributed by atoms with van der Waals surface area (Å²) in [6, 6.07) is 7.22. The standard InChI is InChI=1S/C52H74N10O14/c1-29(26-30(2)42(76-7)27-35-12-9-8-10-13-35)15-21-37(53)31(3)45(66)60-40(50(72)73)23-24-44(65)62(6)33(5)47(68)57-32(4)46(67)59-38(22-18-34-16-19-36(63)20-17-34)48(69)61-41(51(74)75)28-43(64)58-39(49(70)71)14-11-25-56-52(54)55/h8-10,12-13,15-17,19-21,26,30-32,37-42,63H,5,11,14,18,22-25,27-28,53H2,1-4,6-7H3,(H,57,68)(H,58,64)(H,59,67)(H,60,66)(H,61,69)(H,70,71)(H,72,73)(H,74,75)(H4,54,55,56). The highest BCUT2D eigenvalue weighted by Gasteiger charge is 2.32. The Bertz CT molecular complexity index is 2430. The summed E-state index contributed by atoms with van der Waals surface area (Å²) >= 11 is 0. The predicted molar refractivity (Wildman–Crippen MR) is 280 cm³/mol. The number of phenols is 1. The van der Waals surface area contributed by atoms with Crippen LogP contribution in [0.15, 0.2) is 95.7 Å². The summed E-state index contributed by atoms with van der Waals surface area (Å²) in [6.07, 6.45) is 4.28. The van der Waals surface area contributed by atoms with Gasteiger partial charge in [0.15, 0.2) is 5.96 Å². The average Bonchev–Trinajstić information content (AvgIpc) is 3.37. The number of methoxy groups -OCH3 is 1. The number of phenolic OH excluding ortho intramolecular Hbond substituents is 1. The van der Waals surface area contributed by atoms with E-state index in [9.17, 15) is 63.6 Å². The van der Waals surface area contributed by atoms with Gasteiger partial charge in [-0.3, -0.25) is 33.8 Å². The van der Waals surface area contributed by atoms with Gasteiger partial charge in [0.05, 0.1) is 18.4 Å². The van der Waals surface area contributed by atoms with Crippen LogP contribution in [0.1, 0.15) is 77.3 Å². The Labute approximate surface area is 441 Å². The predicted octanol–water partition coefficient (Wildman–Crippen LogP) is 0.578. The third-order valence-electron chi connectivity index (χ3n) is 12.2. The molecule has 2 aromatic carbocycles. The number of carboxylic acids is 3. The molecule has 24 heteroatoms. The van der Waals surface area contributed by atoms with Crippen LogP contribution in [0, 0.1) is 11.8 Å². The largest absolute Gasteiger partial charge is 0.508 e. The number of hydrogen-bond acceptors (Lipinski definition) is 13. The topological polar surface area (TPSA) is 398 Å². The fourth-order valence-electron chi connectivity index (χ4n) is 7.37. The molecule has 0 fully saturated rings. The van der Waals surface area contributed by atoms with Crippen molar-refractivity contribution >= 4 is 59.3 Å². The summed E-state index contributed by atoms with van der Waals surface area (Å²) in [5.41, 5.74) is 19.0. The molecule has 2 aromatic rings. The molecule has 0 heterocycles. The number of aliphatic carboxylic acids is 3. The summed E-state index contributed by atoms with van der Waals surface area (Å²) in [7, 11) is 2.84. The maximum Gasteiger partial charge on any atom is 0.326 e. The van der Waals surface area contributed by atoms with E-state index < -0.39 is 114 Å². The van der Waals surface area contributed by atoms with Gasteiger partial charge in [-0.2, -0.15) is 0 Å². The molecule has 2 rings (SSSR count). The summed E-state index contributed by atoms with van der Waals surface area (Å²) in [6.45, 7) is 10.4. The highest BCUT2D eigenvalue weighted by molar-refractivity contribution is 6.00. The lowest BCUT2D eigenvalue weighted by atomic mass is 9.95. The van der Waals surface area contributed by atoms with Crippen molar-refractivity contribution in [1.29, 1.82) is 0 Å². The van der Waals surface area contributed by atoms with Crippen molar-refractivity contribution in [2.45, 2.75) is 121 Å². The second-order valence-corrected chi connectivity index (χ2v) is 18.3. The molecular weight excluding hydrogens is 989 g/mol. The van der Waals surface area contributed by atoms with E-state index in [0.29, 0.717) is 12.0 Å². The van der Waals surface area contributed by atoms with Crippen molar-refractivity contribution < 1.29 is 68.3 Å². The van der Waals surface area contributed by atoms with E-state index in [2.05, 4.69) is 38.2 Å². The number of carboxylic acid groups (broad SMARTS) is 3. The molecule has 76 heavy (non-hydrogen) atoms. The van der Waals surface area contributed by atoms with E-state index in [1.165, 1.54) is 33.0 Å². The number of hydrogen-bond donors (Lipinski definition) is 12. The Balaban J connectivity index is 2.06. The summed E-state index contributed by atoms with van der Waals surface area (Å²) in [5.74, 6) is -11.1. The minimum Gasteiger partial charge on any atom is -0.508 e. The Kier molecular flexibility index (Phi) is 27.2. The highest BCUT2D eigenvalue weighted by atomic mass is 16.5. The van der Waals surface area contributed by atoms with E-state index in [1.807, 2.05) is 50.3 Å². The van der Waals surface area contributed by atoms with Gasteiger partial charge in [-0.1, -0.05) is 86.7 Å². The van der Waals surface area contributed by atoms with Gasteiger partial charge in [0.1, 0.15) is 41.7 Å². The third kappa shape index (κ3) is 23.0. The highest BCUT2D eigenvalue weighted by Crippen LogP contribution is 2.18. The second-order valence-electron chi connectivity index (χ2n) is 18.3. The molecule has 0 aliphatic carbocycles. The number of nitrogens with one attached hydrogen (secondary N) is 5. The van der Waals surface area contributed by atoms with Crippen LogP contribution in [0.25, 0.3) is 0 Å². The number of aromatic hydroxyl groups is 1. The van der Waals surface area contributed by atoms with Gasteiger partial charge < -0.3 is 73.8 Å². The van der Waals surface area contributed by atoms with Gasteiger partial charge in [-0.15, -0.1) is 0 Å². The molecule has 9 unspecified atom stereocenters. The SMILES string of the molecule is C=C(C(=O)NC(C)C(=O)NC(CCc1ccc(O)cc1)C(=O)NC(CC(=O)NC(CCCN=C(N)N)C(=O)O)C(=O)O)N(C)C(=O)CCC(NC(=O)C(C)C(N)C=CC(C)=CC(C)C(Cc1ccccc1)OC)C(=O)O. The minimum absolute atomic E-state index is 0.0354. The zero-order valence-electron chi connectivity index (χ0n) is 43.7. The number of nitrogens with zero attached hydrogens (tertiary/aromatic N) is 2. The molecule has 0 aromatic heterocycles. The first-order valence-corrected chi connectivity index (χ1v) is 24.4. The average molecular weight is 1060 g/mol. The number of aliphatic imine (C=N–C) groups is 1. The Morgan fingerprint density at radius 2 is 1.33 bits per heavy atom. The van der Waals surface area contributed by atoms with Crippen molar-refractivity contribution in [3.63, 3.8) is 0 Å². The van der Waals surface area contributed by atoms with Gasteiger partial charge in [-0.25, -0.2) is 14.4 Å². The van der Waals surface area contributed by atoms with Crippen LogP contribution < -0.4 is 43.8 Å². The van der Waals surface area contributed by atoms with Gasteiger partial charge in [0.25, 0.3) is 5.91 Å². The van der Waals surface area contributed by atoms with E-state index in [1.54, 1.807) is 31.4 Å². The molecule has 15 N–H and O–H groups in total. The van der Waals surface area contributed by atoms with Crippen molar-refractivity contribution in [3.8, 4) is 5.75 Å². The van der Waals surface area contributed by atoms with E-state index >= 15 is 0 Å². The number of likely N-dealkylation sites (N-methyl/N-ethyl adjacent to an activating group) is 1. The smallest absolute Gasteiger partial charge is 0.326 e. The van der Waals surface area contributed by atoms with Crippen LogP contribution in [0.5, 0.6) is 5.75 Å². The summed E-state index contributed by atoms with van der Waals surface area (Å²) in [5, 5.41) is 50.7. The number of carbonyl (C=O) groups is 9. The van der Waals surface area contributed by atoms with Crippen molar-refractivity contribution in [1.82, 2.24) is 31.5 Å². The Hall–Kier alpha value is -8.12. The molecule has 0 bridgehead atoms. The van der Waals surface area contributed by atoms with Gasteiger partial charge in [0.2, 0.25) is 29.5 Å². The zero-order chi connectivity index (χ0) is 57.2. The van der Waals surface area contributed by atoms with Crippen LogP contribution in [-0.4, -0.2) is 148 Å². The number of guanidine groups is 1. The number of amides is 6. The van der Waals surface area contributed by atoms with Crippen molar-refractivity contribution in [2.24, 2.45) is 34.0 Å². The summed E-state index contributed by atoms with van der Waals surface area (Å²) in [4.78, 5) is 120. The maximum atomic E-state index is 13.6. The lowest BCUT2D eigenvalue weighted by molar-refractivity contribution is -0.145. The zero-order valence-corrected chi connectivity index (χ0v) is 43.7. The van der Waals surface area contributed by atoms with Crippen LogP contribution in [0.2, 0.25) is 0 Å². The lowest BCUT2D eigenvalue weighted by Gasteiger charge is -2.25. The van der Waals surface area contributed by atoms with Crippen LogP contribution in [-0.2, 0) is 60.7 Å². The number of carbonyl (C=O) groups excluding carboxylic acids is 6. The fourth-order valence-corrected chi connectivity index (χ4v) is 7.37. The van der Waals surface area contributed by atoms with Gasteiger partial charge in [0, 0.05) is 39.1 Å². The number of ether oxygens (including phenoxy) is 1. The molecular formula is C52H74N10O14. The molecule has 6 amide bonds. The van der Waals surface area contributed by atoms with E-state index in [4.69, 9.17) is 21.9 Å². The number of nitrogens with two attached hydrogens (primary N) is 3. The molecule has 0 saturated heterocycles. The number of aryl methyl sites for hydroxylation is 1. The van der Waals surface area contributed by atoms with Crippen molar-refractivity contribution in [3.05, 3.63) is 102 Å². The number of allylic oxidation sites excluding steroid dienone is 2. The first kappa shape index (κ1) is 64.0. The fraction of sp³-hybridized carbons (Fsp3) is 0.462. The molecule has 0 aliphatic rings. The Morgan fingerprint density at radius 1 is 0.750 bits per heavy atom. The first-order chi connectivity index (χ1) is 35.7. The maximum absolute atomic E-state index is 13.6. The molecule has 9 atom stereocenters. The van der Waals surface area contributed by atoms with Crippen LogP contribution in [0.4, 0.5) is 0 Å². The van der Waals surface area contributed by atoms with Crippen LogP contribution >= 0.6 is 0 Å². The van der Waals surface area contributed by atoms with E-state index in [0.717, 1.165) is 16.0 Å². The Morgan fingerprint density at radius 3 is 1.91 bits per heavy atom. The second kappa shape index (κ2) is 32.2. The molecule has 416 valence electrons. The van der Waals surface area contributed by atoms with Crippen molar-refractivity contribution in [2.75, 3.05) is 20.7 Å². The van der Waals surface area contributed by atoms with Crippen LogP contribution in [0.3, 0.4) is 0 Å². The molecule has 0 saturated carbocycles. The minimum atomic E-state index is -1.89. The lowest BCUT2D eigenvalue weighted by Crippen LogP contribution is -2.56. The quantitative estimate of drug-likeness (QED) is 0.0153. The number of rotatable bonds is 33. The number of benzene rings is 2. The molecule has 0 spiro atoms. The van der Waals surface area contributed by atoms with Gasteiger partial charge >= 0.3 is 17.9 Å². The monoisotopic (exact) mass is 1060 g/mol. The van der Waals surface area contributed by atoms with Gasteiger partial charge in [-0.05, 0) is 75.6 Å².